The molecule has 0 unspecified atom stereocenters. The van der Waals surface area contributed by atoms with Gasteiger partial charge >= 0.3 is 6.09 Å². The summed E-state index contributed by atoms with van der Waals surface area (Å²) < 4.78 is 52.8. The molecular formula is C26H40FNO6S. The van der Waals surface area contributed by atoms with Crippen molar-refractivity contribution in [2.75, 3.05) is 12.4 Å². The molecule has 2 aliphatic rings. The number of amides is 1. The van der Waals surface area contributed by atoms with Gasteiger partial charge in [0.1, 0.15) is 18.8 Å². The monoisotopic (exact) mass is 513 g/mol. The van der Waals surface area contributed by atoms with E-state index in [1.165, 1.54) is 32.1 Å². The summed E-state index contributed by atoms with van der Waals surface area (Å²) >= 11 is 0. The SMILES string of the molecule is CCCCCCCCCCCCS(=O)(=O)[C@@H]1[C@@H](F)[C@@H](OCc2ccccc2)[C@H](O)[C@H]2COC(=O)N21. The van der Waals surface area contributed by atoms with Crippen molar-refractivity contribution in [2.24, 2.45) is 0 Å². The van der Waals surface area contributed by atoms with Crippen molar-refractivity contribution in [1.82, 2.24) is 4.90 Å². The Morgan fingerprint density at radius 1 is 1.03 bits per heavy atom. The minimum absolute atomic E-state index is 0.0235. The lowest BCUT2D eigenvalue weighted by Crippen LogP contribution is -2.67. The summed E-state index contributed by atoms with van der Waals surface area (Å²) in [5.41, 5.74) is 0.776. The van der Waals surface area contributed by atoms with Crippen LogP contribution in [0.3, 0.4) is 0 Å². The molecule has 2 heterocycles. The van der Waals surface area contributed by atoms with E-state index < -0.39 is 45.7 Å². The van der Waals surface area contributed by atoms with Crippen molar-refractivity contribution in [2.45, 2.75) is 108 Å². The zero-order valence-electron chi connectivity index (χ0n) is 20.7. The van der Waals surface area contributed by atoms with Gasteiger partial charge in [-0.1, -0.05) is 95.0 Å². The highest BCUT2D eigenvalue weighted by atomic mass is 32.2. The minimum Gasteiger partial charge on any atom is -0.447 e. The summed E-state index contributed by atoms with van der Waals surface area (Å²) in [6.07, 6.45) is 4.75. The summed E-state index contributed by atoms with van der Waals surface area (Å²) in [6.45, 7) is 2.03. The summed E-state index contributed by atoms with van der Waals surface area (Å²) in [5, 5.41) is 9.00. The molecule has 2 aliphatic heterocycles. The van der Waals surface area contributed by atoms with Gasteiger partial charge in [-0.05, 0) is 12.0 Å². The number of nitrogens with zero attached hydrogens (tertiary/aromatic N) is 1. The second-order valence-corrected chi connectivity index (χ2v) is 11.9. The lowest BCUT2D eigenvalue weighted by molar-refractivity contribution is -0.137. The van der Waals surface area contributed by atoms with E-state index in [1.54, 1.807) is 12.1 Å². The fourth-order valence-corrected chi connectivity index (χ4v) is 6.95. The molecule has 198 valence electrons. The molecule has 9 heteroatoms. The van der Waals surface area contributed by atoms with Gasteiger partial charge in [0.2, 0.25) is 0 Å². The van der Waals surface area contributed by atoms with Gasteiger partial charge in [0.25, 0.3) is 0 Å². The van der Waals surface area contributed by atoms with Crippen LogP contribution in [0.25, 0.3) is 0 Å². The second-order valence-electron chi connectivity index (χ2n) is 9.69. The quantitative estimate of drug-likeness (QED) is 0.340. The van der Waals surface area contributed by atoms with E-state index in [-0.39, 0.29) is 19.0 Å². The van der Waals surface area contributed by atoms with E-state index in [9.17, 15) is 18.3 Å². The summed E-state index contributed by atoms with van der Waals surface area (Å²) in [4.78, 5) is 13.2. The van der Waals surface area contributed by atoms with E-state index in [1.807, 2.05) is 18.2 Å². The zero-order valence-corrected chi connectivity index (χ0v) is 21.5. The van der Waals surface area contributed by atoms with Crippen molar-refractivity contribution in [3.05, 3.63) is 35.9 Å². The number of fused-ring (bicyclic) bond motifs is 1. The van der Waals surface area contributed by atoms with Crippen molar-refractivity contribution in [1.29, 1.82) is 0 Å². The largest absolute Gasteiger partial charge is 0.447 e. The van der Waals surface area contributed by atoms with Crippen molar-refractivity contribution in [3.8, 4) is 0 Å². The van der Waals surface area contributed by atoms with Crippen LogP contribution in [0.5, 0.6) is 0 Å². The predicted molar refractivity (Wildman–Crippen MR) is 132 cm³/mol. The molecule has 5 atom stereocenters. The van der Waals surface area contributed by atoms with Crippen LogP contribution in [0.2, 0.25) is 0 Å². The number of aliphatic hydroxyl groups excluding tert-OH is 1. The number of benzene rings is 1. The number of carbonyl (C=O) groups is 1. The Bertz CT molecular complexity index is 883. The summed E-state index contributed by atoms with van der Waals surface area (Å²) in [7, 11) is -4.01. The van der Waals surface area contributed by atoms with Crippen LogP contribution < -0.4 is 0 Å². The summed E-state index contributed by atoms with van der Waals surface area (Å²) in [5.74, 6) is -0.216. The maximum atomic E-state index is 15.7. The number of halogens is 1. The van der Waals surface area contributed by atoms with Crippen molar-refractivity contribution in [3.63, 3.8) is 0 Å². The molecule has 1 N–H and O–H groups in total. The van der Waals surface area contributed by atoms with E-state index in [4.69, 9.17) is 9.47 Å². The van der Waals surface area contributed by atoms with E-state index in [0.29, 0.717) is 6.42 Å². The fraction of sp³-hybridized carbons (Fsp3) is 0.731. The van der Waals surface area contributed by atoms with Gasteiger partial charge in [-0.3, -0.25) is 4.90 Å². The van der Waals surface area contributed by atoms with Crippen LogP contribution in [0.4, 0.5) is 9.18 Å². The second kappa shape index (κ2) is 13.6. The normalized spacial score (nSPS) is 26.5. The first-order chi connectivity index (χ1) is 16.9. The molecule has 0 aromatic heterocycles. The average molecular weight is 514 g/mol. The van der Waals surface area contributed by atoms with Crippen LogP contribution >= 0.6 is 0 Å². The van der Waals surface area contributed by atoms with E-state index in [2.05, 4.69) is 6.92 Å². The molecule has 0 bridgehead atoms. The molecule has 0 saturated carbocycles. The lowest BCUT2D eigenvalue weighted by Gasteiger charge is -2.44. The molecule has 35 heavy (non-hydrogen) atoms. The Hall–Kier alpha value is -1.71. The van der Waals surface area contributed by atoms with Gasteiger partial charge in [0.05, 0.1) is 18.4 Å². The van der Waals surface area contributed by atoms with Gasteiger partial charge in [-0.15, -0.1) is 0 Å². The average Bonchev–Trinajstić information content (AvgIpc) is 3.22. The number of piperidine rings is 1. The molecular weight excluding hydrogens is 473 g/mol. The van der Waals surface area contributed by atoms with Gasteiger partial charge in [0, 0.05) is 0 Å². The molecule has 1 amide bonds. The number of hydrogen-bond donors (Lipinski definition) is 1. The van der Waals surface area contributed by atoms with Gasteiger partial charge < -0.3 is 14.6 Å². The van der Waals surface area contributed by atoms with Gasteiger partial charge in [-0.2, -0.15) is 0 Å². The third-order valence-corrected chi connectivity index (χ3v) is 9.05. The first kappa shape index (κ1) is 27.9. The van der Waals surface area contributed by atoms with Crippen LogP contribution in [0.15, 0.2) is 30.3 Å². The third-order valence-electron chi connectivity index (χ3n) is 6.97. The van der Waals surface area contributed by atoms with Crippen LogP contribution in [-0.4, -0.2) is 66.7 Å². The molecule has 2 saturated heterocycles. The van der Waals surface area contributed by atoms with Crippen LogP contribution in [0.1, 0.15) is 76.7 Å². The Labute approximate surface area is 208 Å². The topological polar surface area (TPSA) is 93.1 Å². The highest BCUT2D eigenvalue weighted by molar-refractivity contribution is 7.92. The van der Waals surface area contributed by atoms with Crippen molar-refractivity contribution >= 4 is 15.9 Å². The first-order valence-electron chi connectivity index (χ1n) is 13.0. The van der Waals surface area contributed by atoms with Crippen molar-refractivity contribution < 1.29 is 32.2 Å². The summed E-state index contributed by atoms with van der Waals surface area (Å²) in [6, 6.07) is 8.11. The Morgan fingerprint density at radius 2 is 1.63 bits per heavy atom. The van der Waals surface area contributed by atoms with E-state index >= 15 is 4.39 Å². The molecule has 3 rings (SSSR count). The Balaban J connectivity index is 1.56. The third kappa shape index (κ3) is 7.40. The first-order valence-corrected chi connectivity index (χ1v) is 14.7. The maximum Gasteiger partial charge on any atom is 0.411 e. The number of ether oxygens (including phenoxy) is 2. The number of alkyl halides is 1. The molecule has 0 radical (unpaired) electrons. The molecule has 7 nitrogen and oxygen atoms in total. The van der Waals surface area contributed by atoms with Gasteiger partial charge in [-0.25, -0.2) is 17.6 Å². The number of aliphatic hydroxyl groups is 1. The molecule has 2 fully saturated rings. The highest BCUT2D eigenvalue weighted by Gasteiger charge is 2.59. The lowest BCUT2D eigenvalue weighted by atomic mass is 9.95. The predicted octanol–water partition coefficient (Wildman–Crippen LogP) is 4.77. The molecule has 1 aromatic carbocycles. The standard InChI is InChI=1S/C26H40FNO6S/c1-2-3-4-5-6-7-8-9-10-14-17-35(31,32)25-22(27)24(33-18-20-15-12-11-13-16-20)23(29)21-19-34-26(30)28(21)25/h11-13,15-16,21-25,29H,2-10,14,17-19H2,1H3/t21-,22+,23-,24-,25-/m1/s1. The maximum absolute atomic E-state index is 15.7. The number of cyclic esters (lactones) is 1. The van der Waals surface area contributed by atoms with Crippen LogP contribution in [0, 0.1) is 0 Å². The van der Waals surface area contributed by atoms with E-state index in [0.717, 1.165) is 36.1 Å². The van der Waals surface area contributed by atoms with Gasteiger partial charge in [0.15, 0.2) is 21.4 Å². The Morgan fingerprint density at radius 3 is 2.26 bits per heavy atom. The number of unbranched alkanes of at least 4 members (excludes halogenated alkanes) is 9. The Kier molecular flexibility index (Phi) is 10.8. The number of hydrogen-bond acceptors (Lipinski definition) is 6. The highest BCUT2D eigenvalue weighted by Crippen LogP contribution is 2.36. The molecule has 0 spiro atoms. The molecule has 0 aliphatic carbocycles. The number of rotatable bonds is 15. The zero-order chi connectivity index (χ0) is 25.3. The molecule has 1 aromatic rings. The number of sulfone groups is 1. The smallest absolute Gasteiger partial charge is 0.411 e. The van der Waals surface area contributed by atoms with Crippen LogP contribution in [-0.2, 0) is 25.9 Å². The fourth-order valence-electron chi connectivity index (χ4n) is 4.97. The number of carbonyl (C=O) groups excluding carboxylic acids is 1. The minimum atomic E-state index is -4.01.